The lowest BCUT2D eigenvalue weighted by Crippen LogP contribution is -2.40. The molecule has 1 atom stereocenters. The Morgan fingerprint density at radius 1 is 1.23 bits per heavy atom. The number of nitrogens with zero attached hydrogens (tertiary/aromatic N) is 2. The molecular weight excluding hydrogens is 412 g/mol. The van der Waals surface area contributed by atoms with Crippen molar-refractivity contribution in [1.82, 2.24) is 0 Å². The molecule has 0 spiro atoms. The predicted molar refractivity (Wildman–Crippen MR) is 113 cm³/mol. The highest BCUT2D eigenvalue weighted by Gasteiger charge is 2.37. The van der Waals surface area contributed by atoms with Gasteiger partial charge in [-0.2, -0.15) is 0 Å². The van der Waals surface area contributed by atoms with Crippen molar-refractivity contribution in [3.63, 3.8) is 0 Å². The zero-order valence-corrected chi connectivity index (χ0v) is 17.6. The molecule has 2 heterocycles. The second-order valence-electron chi connectivity index (χ2n) is 7.13. The number of hydrogen-bond acceptors (Lipinski definition) is 3. The van der Waals surface area contributed by atoms with Crippen LogP contribution in [-0.4, -0.2) is 31.4 Å². The number of halogens is 2. The number of benzene rings is 2. The van der Waals surface area contributed by atoms with E-state index in [1.807, 2.05) is 6.07 Å². The fourth-order valence-corrected chi connectivity index (χ4v) is 4.77. The van der Waals surface area contributed by atoms with E-state index in [1.54, 1.807) is 7.11 Å². The number of amidine groups is 1. The van der Waals surface area contributed by atoms with Crippen LogP contribution in [0.25, 0.3) is 11.1 Å². The number of fused-ring (bicyclic) bond motifs is 6. The minimum absolute atomic E-state index is 0.293. The summed E-state index contributed by atoms with van der Waals surface area (Å²) >= 11 is 9.93. The standard InChI is InChI=1S/C21H22BrClN2O/c1-12(2)13-8-17-16-5-4-15(26-3)10-18(16)21-24-11-14(6-7-23)25(21)20(17)19(22)9-13/h4-5,8-10,12,14H,6-7,11H2,1-3H3. The zero-order chi connectivity index (χ0) is 18.4. The molecule has 2 aliphatic rings. The van der Waals surface area contributed by atoms with E-state index in [1.165, 1.54) is 22.4 Å². The van der Waals surface area contributed by atoms with Crippen molar-refractivity contribution in [2.24, 2.45) is 4.99 Å². The van der Waals surface area contributed by atoms with Crippen molar-refractivity contribution in [3.05, 3.63) is 45.9 Å². The van der Waals surface area contributed by atoms with Crippen LogP contribution in [0.15, 0.2) is 39.8 Å². The Morgan fingerprint density at radius 2 is 2.04 bits per heavy atom. The van der Waals surface area contributed by atoms with E-state index in [2.05, 4.69) is 58.9 Å². The van der Waals surface area contributed by atoms with Crippen molar-refractivity contribution < 1.29 is 4.74 Å². The van der Waals surface area contributed by atoms with Gasteiger partial charge in [0.1, 0.15) is 11.6 Å². The molecule has 1 unspecified atom stereocenters. The molecule has 4 rings (SSSR count). The second-order valence-corrected chi connectivity index (χ2v) is 8.36. The molecule has 0 saturated carbocycles. The quantitative estimate of drug-likeness (QED) is 0.567. The highest BCUT2D eigenvalue weighted by molar-refractivity contribution is 9.10. The SMILES string of the molecule is COc1ccc2c(c1)C1=NCC(CCCl)N1c1c(Br)cc(C(C)C)cc1-2. The van der Waals surface area contributed by atoms with Gasteiger partial charge >= 0.3 is 0 Å². The maximum Gasteiger partial charge on any atom is 0.136 e. The maximum absolute atomic E-state index is 6.09. The largest absolute Gasteiger partial charge is 0.497 e. The van der Waals surface area contributed by atoms with Gasteiger partial charge in [-0.25, -0.2) is 0 Å². The number of hydrogen-bond donors (Lipinski definition) is 0. The molecule has 2 aliphatic heterocycles. The van der Waals surface area contributed by atoms with Gasteiger partial charge in [-0.1, -0.05) is 13.8 Å². The van der Waals surface area contributed by atoms with Crippen LogP contribution in [0.2, 0.25) is 0 Å². The topological polar surface area (TPSA) is 24.8 Å². The third kappa shape index (κ3) is 2.74. The summed E-state index contributed by atoms with van der Waals surface area (Å²) in [5.41, 5.74) is 6.14. The Morgan fingerprint density at radius 3 is 2.73 bits per heavy atom. The third-order valence-electron chi connectivity index (χ3n) is 5.24. The van der Waals surface area contributed by atoms with Gasteiger partial charge in [-0.15, -0.1) is 11.6 Å². The lowest BCUT2D eigenvalue weighted by molar-refractivity contribution is 0.415. The van der Waals surface area contributed by atoms with Gasteiger partial charge in [0.15, 0.2) is 0 Å². The number of ether oxygens (including phenoxy) is 1. The summed E-state index contributed by atoms with van der Waals surface area (Å²) in [6.45, 7) is 5.23. The molecule has 3 nitrogen and oxygen atoms in total. The Labute approximate surface area is 168 Å². The van der Waals surface area contributed by atoms with Crippen molar-refractivity contribution in [1.29, 1.82) is 0 Å². The van der Waals surface area contributed by atoms with Gasteiger partial charge in [0.05, 0.1) is 25.4 Å². The molecule has 0 saturated heterocycles. The van der Waals surface area contributed by atoms with Gasteiger partial charge in [-0.3, -0.25) is 4.99 Å². The first-order valence-corrected chi connectivity index (χ1v) is 10.3. The van der Waals surface area contributed by atoms with Gasteiger partial charge in [0.2, 0.25) is 0 Å². The van der Waals surface area contributed by atoms with Crippen LogP contribution in [0.5, 0.6) is 5.75 Å². The number of alkyl halides is 1. The first-order chi connectivity index (χ1) is 12.5. The highest BCUT2D eigenvalue weighted by atomic mass is 79.9. The molecule has 0 amide bonds. The average molecular weight is 434 g/mol. The summed E-state index contributed by atoms with van der Waals surface area (Å²) in [5.74, 6) is 2.98. The number of rotatable bonds is 4. The summed E-state index contributed by atoms with van der Waals surface area (Å²) in [6.07, 6.45) is 0.908. The molecule has 0 radical (unpaired) electrons. The van der Waals surface area contributed by atoms with Gasteiger partial charge in [-0.05, 0) is 69.7 Å². The molecule has 2 aromatic carbocycles. The first-order valence-electron chi connectivity index (χ1n) is 8.97. The van der Waals surface area contributed by atoms with E-state index in [0.29, 0.717) is 17.8 Å². The minimum Gasteiger partial charge on any atom is -0.497 e. The van der Waals surface area contributed by atoms with Crippen molar-refractivity contribution in [2.45, 2.75) is 32.2 Å². The molecule has 2 aromatic rings. The van der Waals surface area contributed by atoms with Crippen LogP contribution in [0, 0.1) is 0 Å². The monoisotopic (exact) mass is 432 g/mol. The smallest absolute Gasteiger partial charge is 0.136 e. The van der Waals surface area contributed by atoms with E-state index in [-0.39, 0.29) is 0 Å². The summed E-state index contributed by atoms with van der Waals surface area (Å²) < 4.78 is 6.59. The molecule has 26 heavy (non-hydrogen) atoms. The fraction of sp³-hybridized carbons (Fsp3) is 0.381. The van der Waals surface area contributed by atoms with Crippen LogP contribution in [-0.2, 0) is 0 Å². The molecule has 5 heteroatoms. The van der Waals surface area contributed by atoms with Crippen LogP contribution < -0.4 is 9.64 Å². The second kappa shape index (κ2) is 6.90. The molecule has 0 fully saturated rings. The van der Waals surface area contributed by atoms with Crippen LogP contribution in [0.4, 0.5) is 5.69 Å². The molecule has 0 bridgehead atoms. The van der Waals surface area contributed by atoms with Crippen LogP contribution >= 0.6 is 27.5 Å². The van der Waals surface area contributed by atoms with Crippen molar-refractivity contribution >= 4 is 39.1 Å². The lowest BCUT2D eigenvalue weighted by Gasteiger charge is -2.36. The van der Waals surface area contributed by atoms with Gasteiger partial charge in [0.25, 0.3) is 0 Å². The molecule has 0 N–H and O–H groups in total. The van der Waals surface area contributed by atoms with E-state index in [0.717, 1.165) is 34.6 Å². The lowest BCUT2D eigenvalue weighted by atomic mass is 9.88. The maximum atomic E-state index is 6.09. The Hall–Kier alpha value is -1.52. The Balaban J connectivity index is 1.99. The van der Waals surface area contributed by atoms with Crippen LogP contribution in [0.3, 0.4) is 0 Å². The van der Waals surface area contributed by atoms with Crippen molar-refractivity contribution in [3.8, 4) is 16.9 Å². The van der Waals surface area contributed by atoms with Crippen LogP contribution in [0.1, 0.15) is 37.3 Å². The van der Waals surface area contributed by atoms with E-state index >= 15 is 0 Å². The summed E-state index contributed by atoms with van der Waals surface area (Å²) in [4.78, 5) is 7.25. The molecule has 0 aromatic heterocycles. The highest BCUT2D eigenvalue weighted by Crippen LogP contribution is 2.48. The Kier molecular flexibility index (Phi) is 4.74. The summed E-state index contributed by atoms with van der Waals surface area (Å²) in [5, 5.41) is 0. The molecule has 136 valence electrons. The van der Waals surface area contributed by atoms with Gasteiger partial charge in [0, 0.05) is 21.5 Å². The van der Waals surface area contributed by atoms with E-state index in [9.17, 15) is 0 Å². The number of aliphatic imine (C=N–C) groups is 1. The normalized spacial score (nSPS) is 17.7. The third-order valence-corrected chi connectivity index (χ3v) is 6.06. The average Bonchev–Trinajstić information content (AvgIpc) is 3.05. The summed E-state index contributed by atoms with van der Waals surface area (Å²) in [7, 11) is 1.70. The fourth-order valence-electron chi connectivity index (χ4n) is 3.85. The van der Waals surface area contributed by atoms with Gasteiger partial charge < -0.3 is 9.64 Å². The van der Waals surface area contributed by atoms with E-state index < -0.39 is 0 Å². The number of methoxy groups -OCH3 is 1. The van der Waals surface area contributed by atoms with E-state index in [4.69, 9.17) is 21.3 Å². The molecular formula is C21H22BrClN2O. The minimum atomic E-state index is 0.293. The Bertz CT molecular complexity index is 894. The summed E-state index contributed by atoms with van der Waals surface area (Å²) in [6, 6.07) is 11.1. The van der Waals surface area contributed by atoms with Crippen molar-refractivity contribution in [2.75, 3.05) is 24.4 Å². The first kappa shape index (κ1) is 17.9. The molecule has 0 aliphatic carbocycles. The zero-order valence-electron chi connectivity index (χ0n) is 15.2. The predicted octanol–water partition coefficient (Wildman–Crippen LogP) is 5.83. The number of anilines is 1.